The second-order valence-electron chi connectivity index (χ2n) is 6.05. The summed E-state index contributed by atoms with van der Waals surface area (Å²) in [5.74, 6) is 0. The standard InChI is InChI=1S/C17H29N3/c1-15-6-4-7-16(2)17(15)14-18-8-5-9-20-12-10-19(3)11-13-20/h4,6-7,18H,5,8-14H2,1-3H3. The first kappa shape index (κ1) is 15.5. The highest BCUT2D eigenvalue weighted by Crippen LogP contribution is 2.12. The van der Waals surface area contributed by atoms with E-state index >= 15 is 0 Å². The van der Waals surface area contributed by atoms with Gasteiger partial charge < -0.3 is 15.1 Å². The Morgan fingerprint density at radius 3 is 2.35 bits per heavy atom. The van der Waals surface area contributed by atoms with E-state index in [4.69, 9.17) is 0 Å². The van der Waals surface area contributed by atoms with Gasteiger partial charge in [0.05, 0.1) is 0 Å². The van der Waals surface area contributed by atoms with E-state index in [1.54, 1.807) is 0 Å². The summed E-state index contributed by atoms with van der Waals surface area (Å²) < 4.78 is 0. The zero-order valence-corrected chi connectivity index (χ0v) is 13.3. The number of likely N-dealkylation sites (N-methyl/N-ethyl adjacent to an activating group) is 1. The maximum Gasteiger partial charge on any atom is 0.0210 e. The predicted octanol–water partition coefficient (Wildman–Crippen LogP) is 2.03. The molecule has 1 saturated heterocycles. The van der Waals surface area contributed by atoms with Gasteiger partial charge >= 0.3 is 0 Å². The fraction of sp³-hybridized carbons (Fsp3) is 0.647. The van der Waals surface area contributed by atoms with Crippen molar-refractivity contribution in [3.8, 4) is 0 Å². The molecule has 20 heavy (non-hydrogen) atoms. The molecule has 1 fully saturated rings. The van der Waals surface area contributed by atoms with Gasteiger partial charge in [0.2, 0.25) is 0 Å². The van der Waals surface area contributed by atoms with Crippen LogP contribution in [0.3, 0.4) is 0 Å². The molecule has 0 atom stereocenters. The van der Waals surface area contributed by atoms with E-state index in [1.165, 1.54) is 55.8 Å². The van der Waals surface area contributed by atoms with Gasteiger partial charge in [-0.25, -0.2) is 0 Å². The van der Waals surface area contributed by atoms with Crippen molar-refractivity contribution in [2.75, 3.05) is 46.3 Å². The highest BCUT2D eigenvalue weighted by atomic mass is 15.2. The summed E-state index contributed by atoms with van der Waals surface area (Å²) in [5.41, 5.74) is 4.26. The van der Waals surface area contributed by atoms with Crippen molar-refractivity contribution in [3.63, 3.8) is 0 Å². The first-order chi connectivity index (χ1) is 9.66. The number of aryl methyl sites for hydroxylation is 2. The van der Waals surface area contributed by atoms with E-state index < -0.39 is 0 Å². The van der Waals surface area contributed by atoms with Crippen LogP contribution in [0.25, 0.3) is 0 Å². The van der Waals surface area contributed by atoms with Crippen LogP contribution in [0.5, 0.6) is 0 Å². The third kappa shape index (κ3) is 4.58. The van der Waals surface area contributed by atoms with Gasteiger partial charge in [-0.1, -0.05) is 18.2 Å². The van der Waals surface area contributed by atoms with Gasteiger partial charge in [-0.3, -0.25) is 0 Å². The number of rotatable bonds is 6. The Labute approximate surface area is 124 Å². The van der Waals surface area contributed by atoms with E-state index in [1.807, 2.05) is 0 Å². The Bertz CT molecular complexity index is 388. The summed E-state index contributed by atoms with van der Waals surface area (Å²) in [7, 11) is 2.21. The van der Waals surface area contributed by atoms with Crippen molar-refractivity contribution in [2.24, 2.45) is 0 Å². The third-order valence-corrected chi connectivity index (χ3v) is 4.37. The van der Waals surface area contributed by atoms with E-state index in [9.17, 15) is 0 Å². The van der Waals surface area contributed by atoms with Gasteiger partial charge in [0, 0.05) is 32.7 Å². The smallest absolute Gasteiger partial charge is 0.0210 e. The molecule has 2 rings (SSSR count). The number of hydrogen-bond acceptors (Lipinski definition) is 3. The summed E-state index contributed by atoms with van der Waals surface area (Å²) in [6, 6.07) is 6.55. The van der Waals surface area contributed by atoms with Gasteiger partial charge in [-0.15, -0.1) is 0 Å². The molecule has 3 nitrogen and oxygen atoms in total. The Morgan fingerprint density at radius 2 is 1.70 bits per heavy atom. The maximum absolute atomic E-state index is 3.59. The number of nitrogens with one attached hydrogen (secondary N) is 1. The van der Waals surface area contributed by atoms with Crippen molar-refractivity contribution in [3.05, 3.63) is 34.9 Å². The molecule has 1 N–H and O–H groups in total. The molecular formula is C17H29N3. The summed E-state index contributed by atoms with van der Waals surface area (Å²) in [6.45, 7) is 12.6. The second-order valence-corrected chi connectivity index (χ2v) is 6.05. The summed E-state index contributed by atoms with van der Waals surface area (Å²) in [4.78, 5) is 5.00. The second kappa shape index (κ2) is 7.77. The van der Waals surface area contributed by atoms with Crippen molar-refractivity contribution >= 4 is 0 Å². The minimum Gasteiger partial charge on any atom is -0.313 e. The summed E-state index contributed by atoms with van der Waals surface area (Å²) in [6.07, 6.45) is 1.24. The van der Waals surface area contributed by atoms with Crippen LogP contribution in [0.1, 0.15) is 23.1 Å². The lowest BCUT2D eigenvalue weighted by molar-refractivity contribution is 0.152. The third-order valence-electron chi connectivity index (χ3n) is 4.37. The lowest BCUT2D eigenvalue weighted by atomic mass is 10.0. The zero-order valence-electron chi connectivity index (χ0n) is 13.3. The van der Waals surface area contributed by atoms with Gasteiger partial charge in [0.1, 0.15) is 0 Å². The number of hydrogen-bond donors (Lipinski definition) is 1. The molecule has 0 bridgehead atoms. The van der Waals surface area contributed by atoms with E-state index in [2.05, 4.69) is 54.2 Å². The molecular weight excluding hydrogens is 246 g/mol. The molecule has 1 aliphatic heterocycles. The molecule has 3 heteroatoms. The molecule has 112 valence electrons. The zero-order chi connectivity index (χ0) is 14.4. The van der Waals surface area contributed by atoms with Crippen LogP contribution in [-0.2, 0) is 6.54 Å². The largest absolute Gasteiger partial charge is 0.313 e. The maximum atomic E-state index is 3.59. The molecule has 0 aromatic heterocycles. The quantitative estimate of drug-likeness (QED) is 0.802. The lowest BCUT2D eigenvalue weighted by Gasteiger charge is -2.32. The van der Waals surface area contributed by atoms with Crippen LogP contribution in [-0.4, -0.2) is 56.1 Å². The Morgan fingerprint density at radius 1 is 1.05 bits per heavy atom. The fourth-order valence-corrected chi connectivity index (χ4v) is 2.84. The van der Waals surface area contributed by atoms with Gasteiger partial charge in [0.15, 0.2) is 0 Å². The molecule has 0 unspecified atom stereocenters. The average molecular weight is 275 g/mol. The van der Waals surface area contributed by atoms with Gasteiger partial charge in [0.25, 0.3) is 0 Å². The van der Waals surface area contributed by atoms with Crippen molar-refractivity contribution in [1.29, 1.82) is 0 Å². The highest BCUT2D eigenvalue weighted by Gasteiger charge is 2.12. The van der Waals surface area contributed by atoms with Crippen LogP contribution in [0.4, 0.5) is 0 Å². The highest BCUT2D eigenvalue weighted by molar-refractivity contribution is 5.33. The van der Waals surface area contributed by atoms with Crippen LogP contribution in [0, 0.1) is 13.8 Å². The molecule has 0 saturated carbocycles. The Hall–Kier alpha value is -0.900. The minimum absolute atomic E-state index is 1.00. The van der Waals surface area contributed by atoms with Crippen molar-refractivity contribution in [2.45, 2.75) is 26.8 Å². The van der Waals surface area contributed by atoms with Crippen molar-refractivity contribution < 1.29 is 0 Å². The minimum atomic E-state index is 1.00. The molecule has 1 heterocycles. The SMILES string of the molecule is Cc1cccc(C)c1CNCCCN1CCN(C)CC1. The summed E-state index contributed by atoms with van der Waals surface area (Å²) >= 11 is 0. The Kier molecular flexibility index (Phi) is 6.02. The van der Waals surface area contributed by atoms with Crippen LogP contribution in [0.15, 0.2) is 18.2 Å². The van der Waals surface area contributed by atoms with E-state index in [0.29, 0.717) is 0 Å². The van der Waals surface area contributed by atoms with Gasteiger partial charge in [-0.2, -0.15) is 0 Å². The topological polar surface area (TPSA) is 18.5 Å². The van der Waals surface area contributed by atoms with Crippen LogP contribution < -0.4 is 5.32 Å². The number of nitrogens with zero attached hydrogens (tertiary/aromatic N) is 2. The summed E-state index contributed by atoms with van der Waals surface area (Å²) in [5, 5.41) is 3.59. The first-order valence-electron chi connectivity index (χ1n) is 7.83. The number of benzene rings is 1. The van der Waals surface area contributed by atoms with Crippen LogP contribution in [0.2, 0.25) is 0 Å². The Balaban J connectivity index is 1.62. The first-order valence-corrected chi connectivity index (χ1v) is 7.83. The molecule has 0 spiro atoms. The molecule has 0 aliphatic carbocycles. The molecule has 1 aromatic rings. The fourth-order valence-electron chi connectivity index (χ4n) is 2.84. The normalized spacial score (nSPS) is 17.6. The van der Waals surface area contributed by atoms with Gasteiger partial charge in [-0.05, 0) is 57.1 Å². The molecule has 1 aliphatic rings. The van der Waals surface area contributed by atoms with Crippen LogP contribution >= 0.6 is 0 Å². The molecule has 0 radical (unpaired) electrons. The van der Waals surface area contributed by atoms with Crippen molar-refractivity contribution in [1.82, 2.24) is 15.1 Å². The number of piperazine rings is 1. The van der Waals surface area contributed by atoms with E-state index in [0.717, 1.165) is 13.1 Å². The predicted molar refractivity (Wildman–Crippen MR) is 86.2 cm³/mol. The monoisotopic (exact) mass is 275 g/mol. The average Bonchev–Trinajstić information content (AvgIpc) is 2.43. The molecule has 1 aromatic carbocycles. The molecule has 0 amide bonds. The van der Waals surface area contributed by atoms with E-state index in [-0.39, 0.29) is 0 Å². The lowest BCUT2D eigenvalue weighted by Crippen LogP contribution is -2.45.